The molecule has 0 aromatic heterocycles. The largest absolute Gasteiger partial charge is 0.452 e. The molecule has 0 N–H and O–H groups in total. The zero-order valence-corrected chi connectivity index (χ0v) is 15.2. The molecule has 3 aromatic rings. The highest BCUT2D eigenvalue weighted by molar-refractivity contribution is 6.12. The van der Waals surface area contributed by atoms with Crippen molar-refractivity contribution in [1.29, 1.82) is 0 Å². The van der Waals surface area contributed by atoms with Crippen LogP contribution in [0.4, 0.5) is 4.39 Å². The molecule has 142 valence electrons. The Hall–Kier alpha value is -3.99. The lowest BCUT2D eigenvalue weighted by Crippen LogP contribution is -2.10. The van der Waals surface area contributed by atoms with Gasteiger partial charge in [0.25, 0.3) is 0 Å². The Kier molecular flexibility index (Phi) is 5.03. The molecule has 0 unspecified atom stereocenters. The first-order chi connectivity index (χ1) is 14.1. The molecule has 0 radical (unpaired) electrons. The molecule has 0 spiro atoms. The number of Topliss-reactive ketones (excluding diaryl/α,β-unsaturated/α-hetero) is 1. The van der Waals surface area contributed by atoms with Crippen molar-refractivity contribution in [2.45, 2.75) is 0 Å². The van der Waals surface area contributed by atoms with E-state index in [1.54, 1.807) is 18.2 Å². The number of hydrogen-bond donors (Lipinski definition) is 0. The van der Waals surface area contributed by atoms with E-state index in [4.69, 9.17) is 9.47 Å². The van der Waals surface area contributed by atoms with Crippen molar-refractivity contribution >= 4 is 17.8 Å². The number of carbonyl (C=O) groups excluding carboxylic acids is 2. The molecule has 0 saturated carbocycles. The number of esters is 1. The Balaban J connectivity index is 1.50. The fourth-order valence-electron chi connectivity index (χ4n) is 2.84. The minimum Gasteiger partial charge on any atom is -0.452 e. The number of carbonyl (C=O) groups is 2. The second kappa shape index (κ2) is 7.94. The second-order valence-corrected chi connectivity index (χ2v) is 6.26. The standard InChI is InChI=1S/C24H15FO4/c25-20-11-5-4-10-18(20)24(27)28-17-13-14-19-22(15-17)29-21(23(19)26)12-6-9-16-7-2-1-3-8-16/h1-15H/b9-6+,21-12-. The van der Waals surface area contributed by atoms with Gasteiger partial charge in [0, 0.05) is 6.07 Å². The van der Waals surface area contributed by atoms with E-state index < -0.39 is 11.8 Å². The monoisotopic (exact) mass is 386 g/mol. The Bertz CT molecular complexity index is 1150. The molecule has 0 bridgehead atoms. The van der Waals surface area contributed by atoms with Gasteiger partial charge in [0.2, 0.25) is 5.78 Å². The third kappa shape index (κ3) is 3.99. The van der Waals surface area contributed by atoms with Gasteiger partial charge in [-0.05, 0) is 35.9 Å². The van der Waals surface area contributed by atoms with Crippen molar-refractivity contribution in [3.8, 4) is 11.5 Å². The third-order valence-corrected chi connectivity index (χ3v) is 4.28. The molecular weight excluding hydrogens is 371 g/mol. The number of allylic oxidation sites excluding steroid dienone is 3. The minimum absolute atomic E-state index is 0.158. The third-order valence-electron chi connectivity index (χ3n) is 4.28. The Morgan fingerprint density at radius 3 is 2.52 bits per heavy atom. The summed E-state index contributed by atoms with van der Waals surface area (Å²) in [5.41, 5.74) is 1.20. The predicted molar refractivity (Wildman–Crippen MR) is 106 cm³/mol. The smallest absolute Gasteiger partial charge is 0.346 e. The van der Waals surface area contributed by atoms with Crippen molar-refractivity contribution in [2.24, 2.45) is 0 Å². The topological polar surface area (TPSA) is 52.6 Å². The predicted octanol–water partition coefficient (Wildman–Crippen LogP) is 5.22. The molecule has 0 atom stereocenters. The quantitative estimate of drug-likeness (QED) is 0.351. The van der Waals surface area contributed by atoms with Crippen LogP contribution in [0, 0.1) is 5.82 Å². The van der Waals surface area contributed by atoms with E-state index in [-0.39, 0.29) is 28.6 Å². The summed E-state index contributed by atoms with van der Waals surface area (Å²) in [6, 6.07) is 19.6. The van der Waals surface area contributed by atoms with Crippen molar-refractivity contribution < 1.29 is 23.5 Å². The van der Waals surface area contributed by atoms with Gasteiger partial charge in [-0.15, -0.1) is 0 Å². The number of fused-ring (bicyclic) bond motifs is 1. The molecular formula is C24H15FO4. The summed E-state index contributed by atoms with van der Waals surface area (Å²) >= 11 is 0. The summed E-state index contributed by atoms with van der Waals surface area (Å²) in [6.07, 6.45) is 5.17. The SMILES string of the molecule is O=C(Oc1ccc2c(c1)O/C(=C\C=C\c1ccccc1)C2=O)c1ccccc1F. The second-order valence-electron chi connectivity index (χ2n) is 6.26. The van der Waals surface area contributed by atoms with Gasteiger partial charge in [-0.2, -0.15) is 0 Å². The minimum atomic E-state index is -0.825. The zero-order chi connectivity index (χ0) is 20.2. The summed E-state index contributed by atoms with van der Waals surface area (Å²) in [5, 5.41) is 0. The lowest BCUT2D eigenvalue weighted by Gasteiger charge is -2.06. The zero-order valence-electron chi connectivity index (χ0n) is 15.2. The number of benzene rings is 3. The molecule has 3 aromatic carbocycles. The summed E-state index contributed by atoms with van der Waals surface area (Å²) in [4.78, 5) is 24.6. The van der Waals surface area contributed by atoms with Crippen LogP contribution in [0.1, 0.15) is 26.3 Å². The van der Waals surface area contributed by atoms with Crippen LogP contribution in [0.25, 0.3) is 6.08 Å². The van der Waals surface area contributed by atoms with Gasteiger partial charge < -0.3 is 9.47 Å². The van der Waals surface area contributed by atoms with Crippen LogP contribution < -0.4 is 9.47 Å². The molecule has 29 heavy (non-hydrogen) atoms. The van der Waals surface area contributed by atoms with Crippen LogP contribution in [0.5, 0.6) is 11.5 Å². The van der Waals surface area contributed by atoms with Crippen molar-refractivity contribution in [2.75, 3.05) is 0 Å². The van der Waals surface area contributed by atoms with Gasteiger partial charge in [-0.3, -0.25) is 4.79 Å². The van der Waals surface area contributed by atoms with Crippen LogP contribution in [-0.2, 0) is 0 Å². The van der Waals surface area contributed by atoms with E-state index in [9.17, 15) is 14.0 Å². The first-order valence-electron chi connectivity index (χ1n) is 8.88. The average Bonchev–Trinajstić information content (AvgIpc) is 3.04. The molecule has 0 fully saturated rings. The van der Waals surface area contributed by atoms with E-state index in [1.807, 2.05) is 36.4 Å². The molecule has 5 heteroatoms. The maximum atomic E-state index is 13.7. The molecule has 1 aliphatic rings. The first-order valence-corrected chi connectivity index (χ1v) is 8.88. The van der Waals surface area contributed by atoms with Crippen LogP contribution in [-0.4, -0.2) is 11.8 Å². The summed E-state index contributed by atoms with van der Waals surface area (Å²) in [7, 11) is 0. The fourth-order valence-corrected chi connectivity index (χ4v) is 2.84. The summed E-state index contributed by atoms with van der Waals surface area (Å²) < 4.78 is 24.5. The van der Waals surface area contributed by atoms with Crippen LogP contribution in [0.15, 0.2) is 90.7 Å². The summed E-state index contributed by atoms with van der Waals surface area (Å²) in [6.45, 7) is 0. The number of hydrogen-bond acceptors (Lipinski definition) is 4. The molecule has 4 rings (SSSR count). The highest BCUT2D eigenvalue weighted by Gasteiger charge is 2.27. The van der Waals surface area contributed by atoms with Crippen LogP contribution in [0.2, 0.25) is 0 Å². The van der Waals surface area contributed by atoms with Crippen molar-refractivity contribution in [3.05, 3.63) is 113 Å². The molecule has 0 saturated heterocycles. The molecule has 4 nitrogen and oxygen atoms in total. The van der Waals surface area contributed by atoms with Gasteiger partial charge in [0.1, 0.15) is 17.3 Å². The highest BCUT2D eigenvalue weighted by atomic mass is 19.1. The lowest BCUT2D eigenvalue weighted by molar-refractivity contribution is 0.0729. The van der Waals surface area contributed by atoms with Crippen LogP contribution >= 0.6 is 0 Å². The Morgan fingerprint density at radius 1 is 0.966 bits per heavy atom. The fraction of sp³-hybridized carbons (Fsp3) is 0. The number of halogens is 1. The first kappa shape index (κ1) is 18.4. The maximum Gasteiger partial charge on any atom is 0.346 e. The van der Waals surface area contributed by atoms with Crippen LogP contribution in [0.3, 0.4) is 0 Å². The van der Waals surface area contributed by atoms with Gasteiger partial charge in [0.15, 0.2) is 5.76 Å². The summed E-state index contributed by atoms with van der Waals surface area (Å²) in [5.74, 6) is -1.14. The number of rotatable bonds is 4. The van der Waals surface area contributed by atoms with E-state index in [1.165, 1.54) is 36.4 Å². The molecule has 1 aliphatic heterocycles. The highest BCUT2D eigenvalue weighted by Crippen LogP contribution is 2.34. The van der Waals surface area contributed by atoms with Crippen molar-refractivity contribution in [3.63, 3.8) is 0 Å². The van der Waals surface area contributed by atoms with E-state index in [0.717, 1.165) is 5.56 Å². The van der Waals surface area contributed by atoms with Gasteiger partial charge in [-0.1, -0.05) is 54.6 Å². The van der Waals surface area contributed by atoms with Gasteiger partial charge in [0.05, 0.1) is 11.1 Å². The van der Waals surface area contributed by atoms with Gasteiger partial charge in [-0.25, -0.2) is 9.18 Å². The van der Waals surface area contributed by atoms with Crippen molar-refractivity contribution in [1.82, 2.24) is 0 Å². The normalized spacial score (nSPS) is 14.1. The Morgan fingerprint density at radius 2 is 1.72 bits per heavy atom. The van der Waals surface area contributed by atoms with Gasteiger partial charge >= 0.3 is 5.97 Å². The lowest BCUT2D eigenvalue weighted by atomic mass is 10.1. The number of ether oxygens (including phenoxy) is 2. The van der Waals surface area contributed by atoms with E-state index >= 15 is 0 Å². The molecule has 0 aliphatic carbocycles. The average molecular weight is 386 g/mol. The molecule has 1 heterocycles. The number of ketones is 1. The molecule has 0 amide bonds. The Labute approximate surface area is 166 Å². The van der Waals surface area contributed by atoms with E-state index in [0.29, 0.717) is 5.56 Å². The maximum absolute atomic E-state index is 13.7. The van der Waals surface area contributed by atoms with E-state index in [2.05, 4.69) is 0 Å².